The molecule has 43 heavy (non-hydrogen) atoms. The van der Waals surface area contributed by atoms with Gasteiger partial charge in [-0.15, -0.1) is 16.4 Å². The molecule has 2 aromatic heterocycles. The zero-order chi connectivity index (χ0) is 29.2. The largest absolute Gasteiger partial charge is 0.454 e. The summed E-state index contributed by atoms with van der Waals surface area (Å²) in [5.74, 6) is 0.787. The van der Waals surface area contributed by atoms with Crippen molar-refractivity contribution in [2.45, 2.75) is 50.7 Å². The lowest BCUT2D eigenvalue weighted by Gasteiger charge is -2.44. The van der Waals surface area contributed by atoms with E-state index in [1.807, 2.05) is 60.0 Å². The highest BCUT2D eigenvalue weighted by molar-refractivity contribution is 7.09. The molecular formula is C32H30N6O4S. The highest BCUT2D eigenvalue weighted by Crippen LogP contribution is 2.39. The lowest BCUT2D eigenvalue weighted by Crippen LogP contribution is -2.60. The molecule has 1 aliphatic carbocycles. The molecule has 0 unspecified atom stereocenters. The number of anilines is 1. The van der Waals surface area contributed by atoms with E-state index in [2.05, 4.69) is 15.6 Å². The van der Waals surface area contributed by atoms with Crippen LogP contribution in [-0.4, -0.2) is 49.0 Å². The van der Waals surface area contributed by atoms with Crippen LogP contribution in [0.4, 0.5) is 5.69 Å². The van der Waals surface area contributed by atoms with Gasteiger partial charge in [-0.1, -0.05) is 66.9 Å². The molecule has 10 nitrogen and oxygen atoms in total. The van der Waals surface area contributed by atoms with Gasteiger partial charge in [0.05, 0.1) is 17.8 Å². The number of fused-ring (bicyclic) bond motifs is 2. The molecule has 0 saturated heterocycles. The number of thiazole rings is 1. The predicted octanol–water partition coefficient (Wildman–Crippen LogP) is 5.65. The Kier molecular flexibility index (Phi) is 7.23. The summed E-state index contributed by atoms with van der Waals surface area (Å²) >= 11 is 1.49. The molecule has 0 bridgehead atoms. The second-order valence-corrected chi connectivity index (χ2v) is 11.8. The maximum absolute atomic E-state index is 14.3. The molecule has 1 aliphatic heterocycles. The zero-order valence-electron chi connectivity index (χ0n) is 23.4. The summed E-state index contributed by atoms with van der Waals surface area (Å²) in [4.78, 5) is 35.3. The molecule has 0 radical (unpaired) electrons. The van der Waals surface area contributed by atoms with E-state index in [0.717, 1.165) is 41.0 Å². The van der Waals surface area contributed by atoms with Crippen LogP contribution in [0.15, 0.2) is 78.2 Å². The van der Waals surface area contributed by atoms with E-state index in [1.165, 1.54) is 11.3 Å². The van der Waals surface area contributed by atoms with Gasteiger partial charge in [0.25, 0.3) is 0 Å². The SMILES string of the molecule is O=C(Cn1nnc2ccccc21)N(Cc1nc(-c2ccccc2)cs1)C1(C(=O)Nc2ccc3c(c2)OCO3)CCCCC1. The van der Waals surface area contributed by atoms with Crippen LogP contribution in [0.1, 0.15) is 37.1 Å². The van der Waals surface area contributed by atoms with Gasteiger partial charge >= 0.3 is 0 Å². The van der Waals surface area contributed by atoms with E-state index in [-0.39, 0.29) is 31.7 Å². The number of hydrogen-bond acceptors (Lipinski definition) is 8. The van der Waals surface area contributed by atoms with Crippen molar-refractivity contribution in [3.63, 3.8) is 0 Å². The number of ether oxygens (including phenoxy) is 2. The summed E-state index contributed by atoms with van der Waals surface area (Å²) in [5.41, 5.74) is 2.85. The minimum atomic E-state index is -1.07. The maximum atomic E-state index is 14.3. The molecule has 1 fully saturated rings. The molecule has 11 heteroatoms. The standard InChI is InChI=1S/C32H30N6O4S/c39-30(19-38-26-12-6-5-11-24(26)35-36-38)37(18-29-34-25(20-43-29)22-9-3-1-4-10-22)32(15-7-2-8-16-32)31(40)33-23-13-14-27-28(17-23)42-21-41-27/h1,3-6,9-14,17,20H,2,7-8,15-16,18-19,21H2,(H,33,40). The van der Waals surface area contributed by atoms with Crippen LogP contribution in [-0.2, 0) is 22.7 Å². The third-order valence-corrected chi connectivity index (χ3v) is 9.01. The van der Waals surface area contributed by atoms with E-state index in [9.17, 15) is 9.59 Å². The van der Waals surface area contributed by atoms with Crippen molar-refractivity contribution in [2.24, 2.45) is 0 Å². The first kappa shape index (κ1) is 27.1. The van der Waals surface area contributed by atoms with Crippen molar-refractivity contribution >= 4 is 39.9 Å². The first-order valence-corrected chi connectivity index (χ1v) is 15.3. The molecule has 218 valence electrons. The number of carbonyl (C=O) groups is 2. The second kappa shape index (κ2) is 11.5. The minimum Gasteiger partial charge on any atom is -0.454 e. The number of aromatic nitrogens is 4. The number of rotatable bonds is 8. The molecule has 2 aliphatic rings. The van der Waals surface area contributed by atoms with Crippen LogP contribution in [0, 0.1) is 0 Å². The average Bonchev–Trinajstić information content (AvgIpc) is 3.81. The lowest BCUT2D eigenvalue weighted by atomic mass is 9.79. The molecule has 1 saturated carbocycles. The van der Waals surface area contributed by atoms with Crippen molar-refractivity contribution in [3.05, 3.63) is 83.2 Å². The van der Waals surface area contributed by atoms with E-state index in [0.29, 0.717) is 35.5 Å². The van der Waals surface area contributed by atoms with Gasteiger partial charge in [-0.25, -0.2) is 9.67 Å². The summed E-state index contributed by atoms with van der Waals surface area (Å²) in [6, 6.07) is 22.8. The first-order chi connectivity index (χ1) is 21.1. The van der Waals surface area contributed by atoms with E-state index in [4.69, 9.17) is 14.5 Å². The normalized spacial score (nSPS) is 15.3. The molecule has 7 rings (SSSR count). The topological polar surface area (TPSA) is 111 Å². The van der Waals surface area contributed by atoms with Gasteiger partial charge in [0.1, 0.15) is 22.6 Å². The van der Waals surface area contributed by atoms with Gasteiger partial charge in [0.15, 0.2) is 11.5 Å². The molecule has 0 spiro atoms. The molecule has 3 heterocycles. The Morgan fingerprint density at radius 1 is 0.953 bits per heavy atom. The smallest absolute Gasteiger partial charge is 0.250 e. The fourth-order valence-corrected chi connectivity index (χ4v) is 6.76. The summed E-state index contributed by atoms with van der Waals surface area (Å²) in [7, 11) is 0. The van der Waals surface area contributed by atoms with E-state index < -0.39 is 5.54 Å². The average molecular weight is 595 g/mol. The molecule has 5 aromatic rings. The Bertz CT molecular complexity index is 1780. The third-order valence-electron chi connectivity index (χ3n) is 8.17. The Balaban J connectivity index is 1.24. The summed E-state index contributed by atoms with van der Waals surface area (Å²) < 4.78 is 12.6. The van der Waals surface area contributed by atoms with Crippen LogP contribution in [0.2, 0.25) is 0 Å². The molecule has 2 amide bonds. The Morgan fingerprint density at radius 3 is 2.60 bits per heavy atom. The number of carbonyl (C=O) groups excluding carboxylic acids is 2. The highest BCUT2D eigenvalue weighted by atomic mass is 32.1. The van der Waals surface area contributed by atoms with Crippen molar-refractivity contribution in [1.82, 2.24) is 24.9 Å². The first-order valence-electron chi connectivity index (χ1n) is 14.4. The highest BCUT2D eigenvalue weighted by Gasteiger charge is 2.47. The van der Waals surface area contributed by atoms with Gasteiger partial charge in [-0.2, -0.15) is 0 Å². The molecule has 0 atom stereocenters. The third kappa shape index (κ3) is 5.32. The minimum absolute atomic E-state index is 0.0452. The number of nitrogens with one attached hydrogen (secondary N) is 1. The van der Waals surface area contributed by atoms with Crippen molar-refractivity contribution in [1.29, 1.82) is 0 Å². The summed E-state index contributed by atoms with van der Waals surface area (Å²) in [6.07, 6.45) is 3.76. The Hall–Kier alpha value is -4.77. The van der Waals surface area contributed by atoms with Crippen LogP contribution in [0.25, 0.3) is 22.3 Å². The van der Waals surface area contributed by atoms with Gasteiger partial charge in [0, 0.05) is 22.7 Å². The Morgan fingerprint density at radius 2 is 1.74 bits per heavy atom. The van der Waals surface area contributed by atoms with Crippen LogP contribution < -0.4 is 14.8 Å². The monoisotopic (exact) mass is 594 g/mol. The number of nitrogens with zero attached hydrogens (tertiary/aromatic N) is 5. The fraction of sp³-hybridized carbons (Fsp3) is 0.281. The van der Waals surface area contributed by atoms with Gasteiger partial charge in [-0.05, 0) is 37.1 Å². The number of amides is 2. The van der Waals surface area contributed by atoms with Crippen molar-refractivity contribution < 1.29 is 19.1 Å². The van der Waals surface area contributed by atoms with Crippen LogP contribution in [0.5, 0.6) is 11.5 Å². The fourth-order valence-electron chi connectivity index (χ4n) is 5.96. The number of para-hydroxylation sites is 1. The Labute approximate surface area is 252 Å². The van der Waals surface area contributed by atoms with Crippen molar-refractivity contribution in [3.8, 4) is 22.8 Å². The lowest BCUT2D eigenvalue weighted by molar-refractivity contribution is -0.149. The second-order valence-electron chi connectivity index (χ2n) is 10.8. The maximum Gasteiger partial charge on any atom is 0.250 e. The molecule has 3 aromatic carbocycles. The number of hydrogen-bond donors (Lipinski definition) is 1. The quantitative estimate of drug-likeness (QED) is 0.247. The molecular weight excluding hydrogens is 564 g/mol. The predicted molar refractivity (Wildman–Crippen MR) is 163 cm³/mol. The van der Waals surface area contributed by atoms with Gasteiger partial charge < -0.3 is 19.7 Å². The van der Waals surface area contributed by atoms with Gasteiger partial charge in [-0.3, -0.25) is 9.59 Å². The van der Waals surface area contributed by atoms with Crippen LogP contribution in [0.3, 0.4) is 0 Å². The molecule has 1 N–H and O–H groups in total. The van der Waals surface area contributed by atoms with E-state index >= 15 is 0 Å². The summed E-state index contributed by atoms with van der Waals surface area (Å²) in [5, 5.41) is 14.4. The summed E-state index contributed by atoms with van der Waals surface area (Å²) in [6.45, 7) is 0.308. The van der Waals surface area contributed by atoms with Crippen molar-refractivity contribution in [2.75, 3.05) is 12.1 Å². The number of benzene rings is 3. The van der Waals surface area contributed by atoms with Gasteiger partial charge in [0.2, 0.25) is 18.6 Å². The van der Waals surface area contributed by atoms with Crippen LogP contribution >= 0.6 is 11.3 Å². The zero-order valence-corrected chi connectivity index (χ0v) is 24.3. The van der Waals surface area contributed by atoms with E-state index in [1.54, 1.807) is 27.8 Å².